The third-order valence-corrected chi connectivity index (χ3v) is 6.53. The van der Waals surface area contributed by atoms with Gasteiger partial charge in [0.2, 0.25) is 12.2 Å². The van der Waals surface area contributed by atoms with Crippen molar-refractivity contribution in [2.75, 3.05) is 18.4 Å². The number of aliphatic hydroxyl groups is 3. The highest BCUT2D eigenvalue weighted by atomic mass is 16.7. The third-order valence-electron chi connectivity index (χ3n) is 6.53. The fourth-order valence-corrected chi connectivity index (χ4v) is 4.60. The number of carboxylic acid groups (broad SMARTS) is 1. The van der Waals surface area contributed by atoms with Crippen molar-refractivity contribution in [2.45, 2.75) is 89.6 Å². The van der Waals surface area contributed by atoms with Crippen LogP contribution in [0.1, 0.15) is 50.2 Å². The predicted octanol–water partition coefficient (Wildman–Crippen LogP) is 1.17. The van der Waals surface area contributed by atoms with E-state index in [1.807, 2.05) is 13.8 Å². The molecule has 2 saturated heterocycles. The number of nitrogens with one attached hydrogen (secondary N) is 1. The van der Waals surface area contributed by atoms with E-state index in [9.17, 15) is 30.0 Å². The van der Waals surface area contributed by atoms with E-state index in [2.05, 4.69) is 17.1 Å². The van der Waals surface area contributed by atoms with Gasteiger partial charge < -0.3 is 35.2 Å². The molecule has 1 aromatic rings. The highest BCUT2D eigenvalue weighted by molar-refractivity contribution is 5.96. The van der Waals surface area contributed by atoms with Crippen LogP contribution in [0, 0.1) is 13.8 Å². The average Bonchev–Trinajstić information content (AvgIpc) is 2.80. The summed E-state index contributed by atoms with van der Waals surface area (Å²) < 4.78 is 10.8. The van der Waals surface area contributed by atoms with Crippen LogP contribution in [0.5, 0.6) is 5.75 Å². The summed E-state index contributed by atoms with van der Waals surface area (Å²) in [6.45, 7) is 7.58. The van der Waals surface area contributed by atoms with Crippen LogP contribution in [0.25, 0.3) is 0 Å². The predicted molar refractivity (Wildman–Crippen MR) is 124 cm³/mol. The second-order valence-electron chi connectivity index (χ2n) is 9.18. The van der Waals surface area contributed by atoms with Crippen LogP contribution in [0.15, 0.2) is 12.1 Å². The number of nitrogens with zero attached hydrogens (tertiary/aromatic N) is 1. The number of amides is 1. The molecule has 1 amide bonds. The molecule has 0 spiro atoms. The normalized spacial score (nSPS) is 30.1. The smallest absolute Gasteiger partial charge is 0.335 e. The molecule has 0 saturated carbocycles. The lowest BCUT2D eigenvalue weighted by Crippen LogP contribution is -2.61. The van der Waals surface area contributed by atoms with Crippen LogP contribution >= 0.6 is 0 Å². The van der Waals surface area contributed by atoms with Crippen molar-refractivity contribution in [1.29, 1.82) is 0 Å². The Morgan fingerprint density at radius 3 is 2.41 bits per heavy atom. The Balaban J connectivity index is 1.72. The Kier molecular flexibility index (Phi) is 8.89. The first-order chi connectivity index (χ1) is 16.1. The van der Waals surface area contributed by atoms with Crippen molar-refractivity contribution in [3.63, 3.8) is 0 Å². The molecule has 190 valence electrons. The number of carbonyl (C=O) groups excluding carboxylic acids is 1. The summed E-state index contributed by atoms with van der Waals surface area (Å²) in [6.07, 6.45) is -3.34. The molecule has 6 atom stereocenters. The molecule has 0 aliphatic carbocycles. The van der Waals surface area contributed by atoms with E-state index in [-0.39, 0.29) is 17.7 Å². The highest BCUT2D eigenvalue weighted by Gasteiger charge is 2.48. The minimum absolute atomic E-state index is 0.0388. The molecule has 10 heteroatoms. The van der Waals surface area contributed by atoms with Gasteiger partial charge in [-0.15, -0.1) is 0 Å². The van der Waals surface area contributed by atoms with Crippen LogP contribution in [0.2, 0.25) is 0 Å². The zero-order valence-corrected chi connectivity index (χ0v) is 19.9. The standard InChI is InChI=1S/C24H36N2O8/c1-4-5-9-26-10-7-6-8-16(26)22(30)25-17-13(2)11-15(12-14(17)3)33-24-20(29)18(27)19(28)21(34-24)23(31)32/h11-12,16,18-21,24,27-29H,4-10H2,1-3H3,(H,25,30)(H,31,32)/t16?,18-,19-,20+,21-,24?/m0/s1. The first-order valence-electron chi connectivity index (χ1n) is 11.9. The van der Waals surface area contributed by atoms with Crippen molar-refractivity contribution in [1.82, 2.24) is 4.90 Å². The van der Waals surface area contributed by atoms with Gasteiger partial charge in [0.05, 0.1) is 6.04 Å². The summed E-state index contributed by atoms with van der Waals surface area (Å²) >= 11 is 0. The van der Waals surface area contributed by atoms with Gasteiger partial charge in [-0.2, -0.15) is 0 Å². The molecule has 0 bridgehead atoms. The maximum atomic E-state index is 13.1. The van der Waals surface area contributed by atoms with Gasteiger partial charge in [0.15, 0.2) is 6.10 Å². The zero-order valence-electron chi connectivity index (χ0n) is 19.9. The maximum Gasteiger partial charge on any atom is 0.335 e. The molecular formula is C24H36N2O8. The molecule has 0 aromatic heterocycles. The summed E-state index contributed by atoms with van der Waals surface area (Å²) in [5.74, 6) is -1.25. The molecule has 2 fully saturated rings. The number of unbranched alkanes of at least 4 members (excludes halogenated alkanes) is 1. The monoisotopic (exact) mass is 480 g/mol. The molecule has 2 aliphatic rings. The number of aliphatic hydroxyl groups excluding tert-OH is 3. The Hall–Kier alpha value is -2.24. The van der Waals surface area contributed by atoms with E-state index >= 15 is 0 Å². The molecular weight excluding hydrogens is 444 g/mol. The van der Waals surface area contributed by atoms with E-state index in [4.69, 9.17) is 9.47 Å². The Labute approximate surface area is 199 Å². The number of hydrogen-bond donors (Lipinski definition) is 5. The molecule has 2 unspecified atom stereocenters. The number of carboxylic acids is 1. The van der Waals surface area contributed by atoms with Gasteiger partial charge in [-0.05, 0) is 69.5 Å². The van der Waals surface area contributed by atoms with Gasteiger partial charge in [0, 0.05) is 5.69 Å². The number of aryl methyl sites for hydroxylation is 2. The minimum Gasteiger partial charge on any atom is -0.479 e. The van der Waals surface area contributed by atoms with Gasteiger partial charge in [-0.25, -0.2) is 4.79 Å². The number of piperidine rings is 1. The second kappa shape index (κ2) is 11.5. The fourth-order valence-electron chi connectivity index (χ4n) is 4.60. The van der Waals surface area contributed by atoms with E-state index in [1.165, 1.54) is 0 Å². The summed E-state index contributed by atoms with van der Waals surface area (Å²) in [5.41, 5.74) is 2.11. The maximum absolute atomic E-state index is 13.1. The largest absolute Gasteiger partial charge is 0.479 e. The van der Waals surface area contributed by atoms with E-state index < -0.39 is 36.7 Å². The molecule has 5 N–H and O–H groups in total. The number of ether oxygens (including phenoxy) is 2. The lowest BCUT2D eigenvalue weighted by Gasteiger charge is -2.38. The summed E-state index contributed by atoms with van der Waals surface area (Å²) in [5, 5.41) is 42.3. The van der Waals surface area contributed by atoms with Gasteiger partial charge >= 0.3 is 5.97 Å². The number of rotatable bonds is 8. The first kappa shape index (κ1) is 26.4. The number of hydrogen-bond acceptors (Lipinski definition) is 8. The zero-order chi connectivity index (χ0) is 25.0. The molecule has 0 radical (unpaired) electrons. The van der Waals surface area contributed by atoms with Gasteiger partial charge in [0.1, 0.15) is 24.1 Å². The molecule has 2 heterocycles. The van der Waals surface area contributed by atoms with Gasteiger partial charge in [-0.3, -0.25) is 9.69 Å². The molecule has 3 rings (SSSR count). The van der Waals surface area contributed by atoms with Crippen molar-refractivity contribution in [2.24, 2.45) is 0 Å². The number of benzene rings is 1. The number of likely N-dealkylation sites (tertiary alicyclic amines) is 1. The first-order valence-corrected chi connectivity index (χ1v) is 11.9. The minimum atomic E-state index is -1.79. The molecule has 1 aromatic carbocycles. The summed E-state index contributed by atoms with van der Waals surface area (Å²) in [4.78, 5) is 26.7. The quantitative estimate of drug-likeness (QED) is 0.370. The van der Waals surface area contributed by atoms with Crippen molar-refractivity contribution in [3.05, 3.63) is 23.3 Å². The summed E-state index contributed by atoms with van der Waals surface area (Å²) in [6, 6.07) is 3.12. The van der Waals surface area contributed by atoms with Crippen LogP contribution in [0.3, 0.4) is 0 Å². The summed E-state index contributed by atoms with van der Waals surface area (Å²) in [7, 11) is 0. The highest BCUT2D eigenvalue weighted by Crippen LogP contribution is 2.30. The van der Waals surface area contributed by atoms with Crippen molar-refractivity contribution >= 4 is 17.6 Å². The Bertz CT molecular complexity index is 856. The van der Waals surface area contributed by atoms with Crippen LogP contribution < -0.4 is 10.1 Å². The lowest BCUT2D eigenvalue weighted by molar-refractivity contribution is -0.271. The van der Waals surface area contributed by atoms with E-state index in [0.29, 0.717) is 5.69 Å². The number of anilines is 1. The van der Waals surface area contributed by atoms with Gasteiger partial charge in [0.25, 0.3) is 0 Å². The van der Waals surface area contributed by atoms with Gasteiger partial charge in [-0.1, -0.05) is 19.8 Å². The number of aliphatic carboxylic acids is 1. The Morgan fingerprint density at radius 1 is 1.12 bits per heavy atom. The molecule has 34 heavy (non-hydrogen) atoms. The van der Waals surface area contributed by atoms with Crippen LogP contribution in [-0.4, -0.2) is 87.0 Å². The average molecular weight is 481 g/mol. The van der Waals surface area contributed by atoms with Crippen LogP contribution in [-0.2, 0) is 14.3 Å². The SMILES string of the molecule is CCCCN1CCCCC1C(=O)Nc1c(C)cc(OC2O[C@H](C(=O)O)[C@@H](O)[C@H](O)[C@H]2O)cc1C. The second-order valence-corrected chi connectivity index (χ2v) is 9.18. The van der Waals surface area contributed by atoms with E-state index in [1.54, 1.807) is 12.1 Å². The molecule has 2 aliphatic heterocycles. The Morgan fingerprint density at radius 2 is 1.79 bits per heavy atom. The van der Waals surface area contributed by atoms with Crippen LogP contribution in [0.4, 0.5) is 5.69 Å². The third kappa shape index (κ3) is 5.87. The fraction of sp³-hybridized carbons (Fsp3) is 0.667. The topological polar surface area (TPSA) is 149 Å². The van der Waals surface area contributed by atoms with Crippen molar-refractivity contribution in [3.8, 4) is 5.75 Å². The lowest BCUT2D eigenvalue weighted by atomic mass is 9.99. The van der Waals surface area contributed by atoms with Crippen molar-refractivity contribution < 1.29 is 39.5 Å². The molecule has 10 nitrogen and oxygen atoms in total. The number of carbonyl (C=O) groups is 2. The van der Waals surface area contributed by atoms with E-state index in [0.717, 1.165) is 56.3 Å².